The average molecular weight is 293 g/mol. The molecule has 1 aliphatic rings. The lowest BCUT2D eigenvalue weighted by atomic mass is 9.74. The standard InChI is InChI=1S/C15H23N3O3/c1-9-4-10-11(5-15(2,3)6-12(10)21-9)18-14(20)8-17-13(19)7-16/h4,11H,5-8,16H2,1-3H3,(H,17,19)(H,18,20). The van der Waals surface area contributed by atoms with Crippen LogP contribution in [0.15, 0.2) is 10.5 Å². The van der Waals surface area contributed by atoms with E-state index < -0.39 is 0 Å². The maximum absolute atomic E-state index is 12.0. The number of fused-ring (bicyclic) bond motifs is 1. The summed E-state index contributed by atoms with van der Waals surface area (Å²) < 4.78 is 5.73. The third-order valence-corrected chi connectivity index (χ3v) is 3.70. The Morgan fingerprint density at radius 1 is 1.43 bits per heavy atom. The predicted molar refractivity (Wildman–Crippen MR) is 78.5 cm³/mol. The molecule has 1 aliphatic carbocycles. The van der Waals surface area contributed by atoms with Crippen LogP contribution in [0.2, 0.25) is 0 Å². The van der Waals surface area contributed by atoms with Gasteiger partial charge in [0.05, 0.1) is 19.1 Å². The monoisotopic (exact) mass is 293 g/mol. The Morgan fingerprint density at radius 3 is 2.81 bits per heavy atom. The Morgan fingerprint density at radius 2 is 2.14 bits per heavy atom. The molecule has 0 bridgehead atoms. The SMILES string of the molecule is Cc1cc2c(o1)CC(C)(C)CC2NC(=O)CNC(=O)CN. The van der Waals surface area contributed by atoms with Crippen LogP contribution in [0.3, 0.4) is 0 Å². The van der Waals surface area contributed by atoms with Crippen molar-refractivity contribution in [1.29, 1.82) is 0 Å². The lowest BCUT2D eigenvalue weighted by Gasteiger charge is -2.34. The molecule has 0 aromatic carbocycles. The number of nitrogens with one attached hydrogen (secondary N) is 2. The zero-order valence-corrected chi connectivity index (χ0v) is 12.8. The molecule has 1 unspecified atom stereocenters. The summed E-state index contributed by atoms with van der Waals surface area (Å²) in [4.78, 5) is 23.0. The van der Waals surface area contributed by atoms with E-state index in [1.807, 2.05) is 13.0 Å². The molecule has 21 heavy (non-hydrogen) atoms. The Kier molecular flexibility index (Phi) is 4.37. The lowest BCUT2D eigenvalue weighted by molar-refractivity contribution is -0.126. The van der Waals surface area contributed by atoms with Gasteiger partial charge in [0.25, 0.3) is 0 Å². The van der Waals surface area contributed by atoms with Crippen molar-refractivity contribution >= 4 is 11.8 Å². The minimum Gasteiger partial charge on any atom is -0.466 e. The number of hydrogen-bond donors (Lipinski definition) is 3. The summed E-state index contributed by atoms with van der Waals surface area (Å²) in [5.74, 6) is 1.24. The molecular formula is C15H23N3O3. The van der Waals surface area contributed by atoms with Crippen LogP contribution < -0.4 is 16.4 Å². The fraction of sp³-hybridized carbons (Fsp3) is 0.600. The molecule has 2 amide bonds. The third-order valence-electron chi connectivity index (χ3n) is 3.70. The first-order valence-electron chi connectivity index (χ1n) is 7.16. The summed E-state index contributed by atoms with van der Waals surface area (Å²) in [5, 5.41) is 5.44. The van der Waals surface area contributed by atoms with E-state index in [1.54, 1.807) is 0 Å². The van der Waals surface area contributed by atoms with Crippen LogP contribution in [-0.4, -0.2) is 24.9 Å². The number of furan rings is 1. The maximum atomic E-state index is 12.0. The lowest BCUT2D eigenvalue weighted by Crippen LogP contribution is -2.42. The maximum Gasteiger partial charge on any atom is 0.239 e. The van der Waals surface area contributed by atoms with Crippen LogP contribution in [0.1, 0.15) is 43.4 Å². The Bertz CT molecular complexity index is 548. The second kappa shape index (κ2) is 5.89. The van der Waals surface area contributed by atoms with Crippen LogP contribution in [0.4, 0.5) is 0 Å². The molecule has 0 aliphatic heterocycles. The molecule has 6 nitrogen and oxygen atoms in total. The van der Waals surface area contributed by atoms with Crippen molar-refractivity contribution in [1.82, 2.24) is 10.6 Å². The van der Waals surface area contributed by atoms with Crippen molar-refractivity contribution in [3.05, 3.63) is 23.2 Å². The van der Waals surface area contributed by atoms with Gasteiger partial charge in [-0.3, -0.25) is 9.59 Å². The number of carbonyl (C=O) groups excluding carboxylic acids is 2. The molecule has 2 rings (SSSR count). The van der Waals surface area contributed by atoms with Crippen LogP contribution >= 0.6 is 0 Å². The summed E-state index contributed by atoms with van der Waals surface area (Å²) in [6, 6.07) is 1.90. The Balaban J connectivity index is 2.05. The number of carbonyl (C=O) groups is 2. The fourth-order valence-electron chi connectivity index (χ4n) is 2.81. The van der Waals surface area contributed by atoms with Crippen LogP contribution in [-0.2, 0) is 16.0 Å². The van der Waals surface area contributed by atoms with E-state index in [9.17, 15) is 9.59 Å². The van der Waals surface area contributed by atoms with Gasteiger partial charge in [-0.25, -0.2) is 0 Å². The zero-order valence-electron chi connectivity index (χ0n) is 12.8. The largest absolute Gasteiger partial charge is 0.466 e. The highest BCUT2D eigenvalue weighted by atomic mass is 16.3. The highest BCUT2D eigenvalue weighted by Gasteiger charge is 2.35. The Labute approximate surface area is 124 Å². The summed E-state index contributed by atoms with van der Waals surface area (Å²) in [6.07, 6.45) is 1.71. The molecule has 0 saturated heterocycles. The minimum absolute atomic E-state index is 0.0564. The predicted octanol–water partition coefficient (Wildman–Crippen LogP) is 0.793. The summed E-state index contributed by atoms with van der Waals surface area (Å²) in [6.45, 7) is 6.05. The third kappa shape index (κ3) is 3.85. The van der Waals surface area contributed by atoms with Crippen molar-refractivity contribution in [2.75, 3.05) is 13.1 Å². The molecule has 116 valence electrons. The van der Waals surface area contributed by atoms with Gasteiger partial charge in [-0.15, -0.1) is 0 Å². The molecule has 4 N–H and O–H groups in total. The van der Waals surface area contributed by atoms with E-state index in [-0.39, 0.29) is 36.4 Å². The molecule has 6 heteroatoms. The van der Waals surface area contributed by atoms with Crippen molar-refractivity contribution in [2.24, 2.45) is 11.1 Å². The van der Waals surface area contributed by atoms with E-state index in [2.05, 4.69) is 24.5 Å². The van der Waals surface area contributed by atoms with Crippen LogP contribution in [0.25, 0.3) is 0 Å². The van der Waals surface area contributed by atoms with Gasteiger partial charge in [0, 0.05) is 12.0 Å². The Hall–Kier alpha value is -1.82. The van der Waals surface area contributed by atoms with Gasteiger partial charge < -0.3 is 20.8 Å². The molecule has 0 radical (unpaired) electrons. The van der Waals surface area contributed by atoms with Gasteiger partial charge in [0.2, 0.25) is 11.8 Å². The van der Waals surface area contributed by atoms with Gasteiger partial charge in [-0.05, 0) is 24.8 Å². The number of amides is 2. The molecule has 1 aromatic heterocycles. The van der Waals surface area contributed by atoms with Gasteiger partial charge in [0.15, 0.2) is 0 Å². The van der Waals surface area contributed by atoms with Gasteiger partial charge >= 0.3 is 0 Å². The average Bonchev–Trinajstić information content (AvgIpc) is 2.74. The molecule has 0 fully saturated rings. The topological polar surface area (TPSA) is 97.4 Å². The molecule has 1 aromatic rings. The number of hydrogen-bond acceptors (Lipinski definition) is 4. The molecule has 0 saturated carbocycles. The first-order chi connectivity index (χ1) is 9.80. The van der Waals surface area contributed by atoms with Crippen molar-refractivity contribution in [2.45, 2.75) is 39.7 Å². The zero-order chi connectivity index (χ0) is 15.6. The molecule has 1 atom stereocenters. The fourth-order valence-corrected chi connectivity index (χ4v) is 2.81. The van der Waals surface area contributed by atoms with E-state index in [0.29, 0.717) is 0 Å². The van der Waals surface area contributed by atoms with Crippen molar-refractivity contribution < 1.29 is 14.0 Å². The van der Waals surface area contributed by atoms with Gasteiger partial charge in [-0.1, -0.05) is 13.8 Å². The second-order valence-corrected chi connectivity index (χ2v) is 6.38. The summed E-state index contributed by atoms with van der Waals surface area (Å²) in [7, 11) is 0. The van der Waals surface area contributed by atoms with Gasteiger partial charge in [0.1, 0.15) is 11.5 Å². The minimum atomic E-state index is -0.339. The van der Waals surface area contributed by atoms with Crippen molar-refractivity contribution in [3.8, 4) is 0 Å². The highest BCUT2D eigenvalue weighted by Crippen LogP contribution is 2.41. The molecule has 1 heterocycles. The van der Waals surface area contributed by atoms with E-state index in [4.69, 9.17) is 10.2 Å². The van der Waals surface area contributed by atoms with Crippen molar-refractivity contribution in [3.63, 3.8) is 0 Å². The first-order valence-corrected chi connectivity index (χ1v) is 7.16. The van der Waals surface area contributed by atoms with Gasteiger partial charge in [-0.2, -0.15) is 0 Å². The number of rotatable bonds is 4. The van der Waals surface area contributed by atoms with Crippen LogP contribution in [0.5, 0.6) is 0 Å². The highest BCUT2D eigenvalue weighted by molar-refractivity contribution is 5.85. The quantitative estimate of drug-likeness (QED) is 0.764. The normalized spacial score (nSPS) is 19.7. The van der Waals surface area contributed by atoms with Crippen LogP contribution in [0, 0.1) is 12.3 Å². The molecular weight excluding hydrogens is 270 g/mol. The molecule has 0 spiro atoms. The summed E-state index contributed by atoms with van der Waals surface area (Å²) in [5.41, 5.74) is 6.30. The number of nitrogens with two attached hydrogens (primary N) is 1. The summed E-state index contributed by atoms with van der Waals surface area (Å²) >= 11 is 0. The smallest absolute Gasteiger partial charge is 0.239 e. The van der Waals surface area contributed by atoms with E-state index in [1.165, 1.54) is 0 Å². The van der Waals surface area contributed by atoms with E-state index in [0.717, 1.165) is 29.9 Å². The second-order valence-electron chi connectivity index (χ2n) is 6.38. The van der Waals surface area contributed by atoms with E-state index >= 15 is 0 Å². The first kappa shape index (κ1) is 15.6. The number of aryl methyl sites for hydroxylation is 1.